The van der Waals surface area contributed by atoms with Crippen molar-refractivity contribution in [3.63, 3.8) is 0 Å². The Morgan fingerprint density at radius 1 is 1.06 bits per heavy atom. The number of amides is 1. The van der Waals surface area contributed by atoms with E-state index in [1.54, 1.807) is 11.8 Å². The number of carbonyl (C=O) groups excluding carboxylic acids is 1. The summed E-state index contributed by atoms with van der Waals surface area (Å²) < 4.78 is 12.4. The standard InChI is InChI=1S/C24H25N5O3S/c1-5-32-20-12-8-18(9-13-20)29-16(3)21(27-28-29)24-26-15(2)22(33-24)23(30)25-14-17-6-10-19(31-4)11-7-17/h6-13H,5,14H2,1-4H3,(H,25,30). The Balaban J connectivity index is 1.50. The maximum atomic E-state index is 12.8. The fourth-order valence-electron chi connectivity index (χ4n) is 3.34. The van der Waals surface area contributed by atoms with E-state index in [0.29, 0.717) is 34.4 Å². The molecular formula is C24H25N5O3S. The molecule has 2 aromatic carbocycles. The highest BCUT2D eigenvalue weighted by molar-refractivity contribution is 7.17. The first-order chi connectivity index (χ1) is 16.0. The van der Waals surface area contributed by atoms with E-state index in [9.17, 15) is 4.79 Å². The summed E-state index contributed by atoms with van der Waals surface area (Å²) in [6.07, 6.45) is 0. The smallest absolute Gasteiger partial charge is 0.263 e. The van der Waals surface area contributed by atoms with Crippen LogP contribution in [-0.4, -0.2) is 39.6 Å². The lowest BCUT2D eigenvalue weighted by Gasteiger charge is -2.06. The normalized spacial score (nSPS) is 10.8. The van der Waals surface area contributed by atoms with Crippen LogP contribution in [-0.2, 0) is 6.54 Å². The molecule has 0 aliphatic heterocycles. The molecule has 0 aliphatic rings. The Morgan fingerprint density at radius 3 is 2.42 bits per heavy atom. The molecule has 8 nitrogen and oxygen atoms in total. The number of aryl methyl sites for hydroxylation is 1. The Hall–Kier alpha value is -3.72. The van der Waals surface area contributed by atoms with Gasteiger partial charge in [-0.25, -0.2) is 9.67 Å². The molecule has 0 radical (unpaired) electrons. The Kier molecular flexibility index (Phi) is 6.69. The minimum atomic E-state index is -0.163. The number of methoxy groups -OCH3 is 1. The van der Waals surface area contributed by atoms with Gasteiger partial charge in [0.05, 0.1) is 30.8 Å². The molecule has 2 aromatic heterocycles. The van der Waals surface area contributed by atoms with Crippen molar-refractivity contribution in [1.29, 1.82) is 0 Å². The van der Waals surface area contributed by atoms with Gasteiger partial charge in [-0.05, 0) is 62.7 Å². The largest absolute Gasteiger partial charge is 0.497 e. The van der Waals surface area contributed by atoms with E-state index in [-0.39, 0.29) is 5.91 Å². The molecule has 0 spiro atoms. The average Bonchev–Trinajstić information content (AvgIpc) is 3.41. The predicted molar refractivity (Wildman–Crippen MR) is 127 cm³/mol. The fourth-order valence-corrected chi connectivity index (χ4v) is 4.36. The third-order valence-corrected chi connectivity index (χ3v) is 6.27. The van der Waals surface area contributed by atoms with Crippen LogP contribution in [0.3, 0.4) is 0 Å². The van der Waals surface area contributed by atoms with Gasteiger partial charge in [0, 0.05) is 6.54 Å². The highest BCUT2D eigenvalue weighted by Gasteiger charge is 2.20. The van der Waals surface area contributed by atoms with Crippen molar-refractivity contribution in [1.82, 2.24) is 25.3 Å². The van der Waals surface area contributed by atoms with Gasteiger partial charge in [0.15, 0.2) is 0 Å². The summed E-state index contributed by atoms with van der Waals surface area (Å²) in [4.78, 5) is 17.9. The van der Waals surface area contributed by atoms with Gasteiger partial charge in [-0.2, -0.15) is 0 Å². The molecule has 1 amide bonds. The summed E-state index contributed by atoms with van der Waals surface area (Å²) in [5.74, 6) is 1.42. The van der Waals surface area contributed by atoms with Crippen molar-refractivity contribution in [2.45, 2.75) is 27.3 Å². The van der Waals surface area contributed by atoms with E-state index in [0.717, 1.165) is 28.4 Å². The molecule has 0 saturated heterocycles. The molecule has 0 bridgehead atoms. The number of benzene rings is 2. The number of aromatic nitrogens is 4. The van der Waals surface area contributed by atoms with Gasteiger partial charge < -0.3 is 14.8 Å². The molecule has 170 valence electrons. The molecule has 4 rings (SSSR count). The molecule has 4 aromatic rings. The lowest BCUT2D eigenvalue weighted by atomic mass is 10.2. The minimum Gasteiger partial charge on any atom is -0.497 e. The zero-order valence-electron chi connectivity index (χ0n) is 19.0. The number of hydrogen-bond donors (Lipinski definition) is 1. The van der Waals surface area contributed by atoms with Crippen molar-refractivity contribution in [2.75, 3.05) is 13.7 Å². The third kappa shape index (κ3) is 4.88. The Bertz CT molecular complexity index is 1250. The summed E-state index contributed by atoms with van der Waals surface area (Å²) in [6.45, 7) is 6.75. The van der Waals surface area contributed by atoms with Crippen LogP contribution in [0.2, 0.25) is 0 Å². The van der Waals surface area contributed by atoms with Gasteiger partial charge in [0.25, 0.3) is 5.91 Å². The number of hydrogen-bond acceptors (Lipinski definition) is 7. The zero-order valence-corrected chi connectivity index (χ0v) is 19.8. The van der Waals surface area contributed by atoms with Crippen LogP contribution in [0.1, 0.15) is 33.5 Å². The molecule has 0 unspecified atom stereocenters. The van der Waals surface area contributed by atoms with Gasteiger partial charge in [-0.1, -0.05) is 17.3 Å². The summed E-state index contributed by atoms with van der Waals surface area (Å²) >= 11 is 1.31. The zero-order chi connectivity index (χ0) is 23.4. The van der Waals surface area contributed by atoms with E-state index in [1.807, 2.05) is 69.3 Å². The van der Waals surface area contributed by atoms with Crippen LogP contribution in [0.4, 0.5) is 0 Å². The Morgan fingerprint density at radius 2 is 1.76 bits per heavy atom. The number of nitrogens with zero attached hydrogens (tertiary/aromatic N) is 4. The SMILES string of the molecule is CCOc1ccc(-n2nnc(-c3nc(C)c(C(=O)NCc4ccc(OC)cc4)s3)c2C)cc1. The monoisotopic (exact) mass is 463 g/mol. The van der Waals surface area contributed by atoms with E-state index >= 15 is 0 Å². The van der Waals surface area contributed by atoms with Crippen LogP contribution < -0.4 is 14.8 Å². The number of ether oxygens (including phenoxy) is 2. The predicted octanol–water partition coefficient (Wildman–Crippen LogP) is 4.34. The Labute approximate surface area is 196 Å². The van der Waals surface area contributed by atoms with Gasteiger partial charge in [0.1, 0.15) is 27.1 Å². The fraction of sp³-hybridized carbons (Fsp3) is 0.250. The van der Waals surface area contributed by atoms with E-state index in [4.69, 9.17) is 9.47 Å². The van der Waals surface area contributed by atoms with Gasteiger partial charge >= 0.3 is 0 Å². The minimum absolute atomic E-state index is 0.163. The second kappa shape index (κ2) is 9.83. The molecule has 2 heterocycles. The molecule has 0 aliphatic carbocycles. The summed E-state index contributed by atoms with van der Waals surface area (Å²) in [6, 6.07) is 15.3. The molecule has 0 fully saturated rings. The van der Waals surface area contributed by atoms with Crippen LogP contribution in [0, 0.1) is 13.8 Å². The summed E-state index contributed by atoms with van der Waals surface area (Å²) in [5, 5.41) is 12.2. The van der Waals surface area contributed by atoms with E-state index in [1.165, 1.54) is 11.3 Å². The number of thiazole rings is 1. The number of rotatable bonds is 8. The van der Waals surface area contributed by atoms with Crippen molar-refractivity contribution in [3.05, 3.63) is 70.4 Å². The van der Waals surface area contributed by atoms with Crippen LogP contribution in [0.5, 0.6) is 11.5 Å². The second-order valence-corrected chi connectivity index (χ2v) is 8.33. The van der Waals surface area contributed by atoms with E-state index < -0.39 is 0 Å². The van der Waals surface area contributed by atoms with Crippen LogP contribution in [0.25, 0.3) is 16.4 Å². The number of nitrogens with one attached hydrogen (secondary N) is 1. The molecule has 33 heavy (non-hydrogen) atoms. The molecule has 1 N–H and O–H groups in total. The first-order valence-electron chi connectivity index (χ1n) is 10.5. The van der Waals surface area contributed by atoms with Crippen LogP contribution >= 0.6 is 11.3 Å². The first kappa shape index (κ1) is 22.5. The molecule has 9 heteroatoms. The highest BCUT2D eigenvalue weighted by atomic mass is 32.1. The first-order valence-corrected chi connectivity index (χ1v) is 11.4. The quantitative estimate of drug-likeness (QED) is 0.418. The van der Waals surface area contributed by atoms with Crippen LogP contribution in [0.15, 0.2) is 48.5 Å². The van der Waals surface area contributed by atoms with Crippen molar-refractivity contribution < 1.29 is 14.3 Å². The van der Waals surface area contributed by atoms with Crippen molar-refractivity contribution in [2.24, 2.45) is 0 Å². The van der Waals surface area contributed by atoms with Gasteiger partial charge in [0.2, 0.25) is 0 Å². The second-order valence-electron chi connectivity index (χ2n) is 7.33. The highest BCUT2D eigenvalue weighted by Crippen LogP contribution is 2.30. The number of carbonyl (C=O) groups is 1. The molecule has 0 saturated carbocycles. The third-order valence-electron chi connectivity index (χ3n) is 5.10. The average molecular weight is 464 g/mol. The topological polar surface area (TPSA) is 91.2 Å². The van der Waals surface area contributed by atoms with Gasteiger partial charge in [-0.15, -0.1) is 16.4 Å². The van der Waals surface area contributed by atoms with Crippen molar-refractivity contribution in [3.8, 4) is 27.9 Å². The lowest BCUT2D eigenvalue weighted by molar-refractivity contribution is 0.0954. The van der Waals surface area contributed by atoms with Gasteiger partial charge in [-0.3, -0.25) is 4.79 Å². The lowest BCUT2D eigenvalue weighted by Crippen LogP contribution is -2.22. The summed E-state index contributed by atoms with van der Waals surface area (Å²) in [5.41, 5.74) is 4.03. The molecule has 0 atom stereocenters. The van der Waals surface area contributed by atoms with Crippen molar-refractivity contribution >= 4 is 17.2 Å². The maximum Gasteiger partial charge on any atom is 0.263 e. The maximum absolute atomic E-state index is 12.8. The molecular weight excluding hydrogens is 438 g/mol. The summed E-state index contributed by atoms with van der Waals surface area (Å²) in [7, 11) is 1.62. The van der Waals surface area contributed by atoms with E-state index in [2.05, 4.69) is 20.6 Å².